The molecule has 0 aliphatic carbocycles. The molecule has 1 saturated heterocycles. The quantitative estimate of drug-likeness (QED) is 0.275. The predicted molar refractivity (Wildman–Crippen MR) is 59.0 cm³/mol. The van der Waals surface area contributed by atoms with E-state index in [2.05, 4.69) is 5.32 Å². The standard InChI is InChI=1S/C10H20N2O5/c1-3-14-7(2)17-15-5-4-8-9(6-11)16-10(13)12-8/h7-9H,3-6,11H2,1-2H3,(H,12,13)/t7?,8-,9-/m1/s1. The number of carbonyl (C=O) groups is 1. The summed E-state index contributed by atoms with van der Waals surface area (Å²) in [4.78, 5) is 20.9. The van der Waals surface area contributed by atoms with Crippen LogP contribution in [0.4, 0.5) is 4.79 Å². The molecule has 1 unspecified atom stereocenters. The Bertz CT molecular complexity index is 239. The molecule has 1 aliphatic rings. The van der Waals surface area contributed by atoms with Crippen LogP contribution < -0.4 is 11.1 Å². The number of rotatable bonds is 8. The van der Waals surface area contributed by atoms with Gasteiger partial charge in [-0.25, -0.2) is 14.6 Å². The Kier molecular flexibility index (Phi) is 6.20. The van der Waals surface area contributed by atoms with E-state index in [1.165, 1.54) is 0 Å². The topological polar surface area (TPSA) is 92.0 Å². The fourth-order valence-electron chi connectivity index (χ4n) is 1.55. The molecule has 7 heteroatoms. The molecule has 3 N–H and O–H groups in total. The molecule has 0 spiro atoms. The van der Waals surface area contributed by atoms with Gasteiger partial charge in [-0.2, -0.15) is 0 Å². The predicted octanol–water partition coefficient (Wildman–Crippen LogP) is 0.143. The molecule has 0 radical (unpaired) electrons. The summed E-state index contributed by atoms with van der Waals surface area (Å²) < 4.78 is 10.1. The summed E-state index contributed by atoms with van der Waals surface area (Å²) in [5.74, 6) is 0. The molecule has 100 valence electrons. The van der Waals surface area contributed by atoms with Gasteiger partial charge in [0.2, 0.25) is 0 Å². The maximum atomic E-state index is 11.0. The molecule has 7 nitrogen and oxygen atoms in total. The average molecular weight is 248 g/mol. The SMILES string of the molecule is CCOC(C)OOCC[C@H]1NC(=O)O[C@@H]1CN. The van der Waals surface area contributed by atoms with Crippen LogP contribution in [0.2, 0.25) is 0 Å². The largest absolute Gasteiger partial charge is 0.443 e. The van der Waals surface area contributed by atoms with E-state index < -0.39 is 12.4 Å². The molecular weight excluding hydrogens is 228 g/mol. The number of nitrogens with two attached hydrogens (primary N) is 1. The van der Waals surface area contributed by atoms with Crippen LogP contribution >= 0.6 is 0 Å². The summed E-state index contributed by atoms with van der Waals surface area (Å²) in [6, 6.07) is -0.126. The number of carbonyl (C=O) groups excluding carboxylic acids is 1. The van der Waals surface area contributed by atoms with Gasteiger partial charge in [-0.05, 0) is 20.3 Å². The van der Waals surface area contributed by atoms with Gasteiger partial charge in [-0.15, -0.1) is 0 Å². The van der Waals surface area contributed by atoms with Gasteiger partial charge >= 0.3 is 6.09 Å². The summed E-state index contributed by atoms with van der Waals surface area (Å²) in [6.07, 6.45) is -0.559. The van der Waals surface area contributed by atoms with Crippen LogP contribution in [0.1, 0.15) is 20.3 Å². The lowest BCUT2D eigenvalue weighted by molar-refractivity contribution is -0.373. The lowest BCUT2D eigenvalue weighted by Crippen LogP contribution is -2.37. The third kappa shape index (κ3) is 4.86. The zero-order valence-corrected chi connectivity index (χ0v) is 10.2. The zero-order chi connectivity index (χ0) is 12.7. The van der Waals surface area contributed by atoms with Crippen LogP contribution in [0.5, 0.6) is 0 Å². The third-order valence-corrected chi connectivity index (χ3v) is 2.36. The number of cyclic esters (lactones) is 1. The van der Waals surface area contributed by atoms with Gasteiger partial charge in [-0.1, -0.05) is 0 Å². The minimum absolute atomic E-state index is 0.126. The van der Waals surface area contributed by atoms with E-state index in [1.807, 2.05) is 6.92 Å². The van der Waals surface area contributed by atoms with E-state index in [-0.39, 0.29) is 12.1 Å². The number of ether oxygens (including phenoxy) is 2. The Labute approximate surface area is 100 Å². The molecular formula is C10H20N2O5. The molecule has 0 saturated carbocycles. The molecule has 1 heterocycles. The first-order chi connectivity index (χ1) is 8.17. The second-order valence-electron chi connectivity index (χ2n) is 3.66. The van der Waals surface area contributed by atoms with Crippen LogP contribution in [-0.2, 0) is 19.2 Å². The van der Waals surface area contributed by atoms with E-state index >= 15 is 0 Å². The smallest absolute Gasteiger partial charge is 0.407 e. The molecule has 0 aromatic rings. The van der Waals surface area contributed by atoms with Crippen molar-refractivity contribution in [3.05, 3.63) is 0 Å². The molecule has 1 aliphatic heterocycles. The Morgan fingerprint density at radius 3 is 3.00 bits per heavy atom. The van der Waals surface area contributed by atoms with Crippen LogP contribution in [-0.4, -0.2) is 44.3 Å². The van der Waals surface area contributed by atoms with Crippen molar-refractivity contribution in [3.63, 3.8) is 0 Å². The summed E-state index contributed by atoms with van der Waals surface area (Å²) >= 11 is 0. The second-order valence-corrected chi connectivity index (χ2v) is 3.66. The molecule has 1 fully saturated rings. The summed E-state index contributed by atoms with van der Waals surface area (Å²) in [5.41, 5.74) is 5.47. The lowest BCUT2D eigenvalue weighted by Gasteiger charge is -2.15. The fraction of sp³-hybridized carbons (Fsp3) is 0.900. The Morgan fingerprint density at radius 2 is 2.35 bits per heavy atom. The lowest BCUT2D eigenvalue weighted by atomic mass is 10.1. The van der Waals surface area contributed by atoms with Crippen molar-refractivity contribution < 1.29 is 24.0 Å². The van der Waals surface area contributed by atoms with Crippen molar-refractivity contribution in [1.29, 1.82) is 0 Å². The highest BCUT2D eigenvalue weighted by Gasteiger charge is 2.32. The highest BCUT2D eigenvalue weighted by Crippen LogP contribution is 2.11. The van der Waals surface area contributed by atoms with Crippen LogP contribution in [0.15, 0.2) is 0 Å². The minimum atomic E-state index is -0.436. The van der Waals surface area contributed by atoms with E-state index in [4.69, 9.17) is 25.0 Å². The summed E-state index contributed by atoms with van der Waals surface area (Å²) in [6.45, 7) is 4.80. The first-order valence-corrected chi connectivity index (χ1v) is 5.74. The van der Waals surface area contributed by atoms with E-state index in [1.54, 1.807) is 6.92 Å². The van der Waals surface area contributed by atoms with Gasteiger partial charge in [0.05, 0.1) is 12.6 Å². The van der Waals surface area contributed by atoms with Crippen LogP contribution in [0.25, 0.3) is 0 Å². The second kappa shape index (κ2) is 7.44. The molecule has 1 rings (SSSR count). The molecule has 1 amide bonds. The first kappa shape index (κ1) is 14.2. The molecule has 0 aromatic carbocycles. The summed E-state index contributed by atoms with van der Waals surface area (Å²) in [7, 11) is 0. The number of hydrogen-bond acceptors (Lipinski definition) is 6. The van der Waals surface area contributed by atoms with Gasteiger partial charge in [-0.3, -0.25) is 0 Å². The fourth-order valence-corrected chi connectivity index (χ4v) is 1.55. The van der Waals surface area contributed by atoms with Crippen LogP contribution in [0.3, 0.4) is 0 Å². The molecule has 0 aromatic heterocycles. The maximum absolute atomic E-state index is 11.0. The third-order valence-electron chi connectivity index (χ3n) is 2.36. The monoisotopic (exact) mass is 248 g/mol. The van der Waals surface area contributed by atoms with Gasteiger partial charge in [0, 0.05) is 13.2 Å². The molecule has 0 bridgehead atoms. The van der Waals surface area contributed by atoms with Gasteiger partial charge in [0.1, 0.15) is 6.10 Å². The van der Waals surface area contributed by atoms with Crippen molar-refractivity contribution in [1.82, 2.24) is 5.32 Å². The van der Waals surface area contributed by atoms with Crippen LogP contribution in [0, 0.1) is 0 Å². The minimum Gasteiger partial charge on any atom is -0.443 e. The Hall–Kier alpha value is -0.890. The molecule has 3 atom stereocenters. The number of hydrogen-bond donors (Lipinski definition) is 2. The van der Waals surface area contributed by atoms with Gasteiger partial charge in [0.25, 0.3) is 0 Å². The first-order valence-electron chi connectivity index (χ1n) is 5.74. The van der Waals surface area contributed by atoms with E-state index in [0.717, 1.165) is 0 Å². The van der Waals surface area contributed by atoms with Crippen molar-refractivity contribution in [2.75, 3.05) is 19.8 Å². The van der Waals surface area contributed by atoms with Crippen molar-refractivity contribution in [3.8, 4) is 0 Å². The van der Waals surface area contributed by atoms with E-state index in [0.29, 0.717) is 26.2 Å². The van der Waals surface area contributed by atoms with Crippen molar-refractivity contribution in [2.45, 2.75) is 38.7 Å². The Morgan fingerprint density at radius 1 is 1.59 bits per heavy atom. The number of amides is 1. The number of nitrogens with one attached hydrogen (secondary N) is 1. The normalized spacial score (nSPS) is 25.5. The van der Waals surface area contributed by atoms with Gasteiger partial charge < -0.3 is 20.5 Å². The average Bonchev–Trinajstić information content (AvgIpc) is 2.65. The Balaban J connectivity index is 2.11. The highest BCUT2D eigenvalue weighted by molar-refractivity contribution is 5.70. The maximum Gasteiger partial charge on any atom is 0.407 e. The highest BCUT2D eigenvalue weighted by atomic mass is 17.2. The number of alkyl carbamates (subject to hydrolysis) is 1. The molecule has 17 heavy (non-hydrogen) atoms. The van der Waals surface area contributed by atoms with Crippen molar-refractivity contribution in [2.24, 2.45) is 5.73 Å². The van der Waals surface area contributed by atoms with Gasteiger partial charge in [0.15, 0.2) is 6.29 Å². The zero-order valence-electron chi connectivity index (χ0n) is 10.2. The summed E-state index contributed by atoms with van der Waals surface area (Å²) in [5, 5.41) is 2.66. The van der Waals surface area contributed by atoms with E-state index in [9.17, 15) is 4.79 Å². The van der Waals surface area contributed by atoms with Crippen molar-refractivity contribution >= 4 is 6.09 Å².